The van der Waals surface area contributed by atoms with Crippen LogP contribution in [0.5, 0.6) is 11.5 Å². The average Bonchev–Trinajstić information content (AvgIpc) is 2.70. The van der Waals surface area contributed by atoms with Gasteiger partial charge in [-0.2, -0.15) is 10.5 Å². The van der Waals surface area contributed by atoms with E-state index in [9.17, 15) is 10.1 Å². The molecule has 6 nitrogen and oxygen atoms in total. The molecule has 28 heavy (non-hydrogen) atoms. The second kappa shape index (κ2) is 10.9. The number of ether oxygens (including phenoxy) is 2. The van der Waals surface area contributed by atoms with E-state index in [0.717, 1.165) is 18.5 Å². The Morgan fingerprint density at radius 2 is 1.82 bits per heavy atom. The smallest absolute Gasteiger partial charge is 0.262 e. The molecular formula is C20H15I2N3O3. The first-order valence-electron chi connectivity index (χ1n) is 8.00. The highest BCUT2D eigenvalue weighted by Crippen LogP contribution is 2.29. The molecule has 0 fully saturated rings. The van der Waals surface area contributed by atoms with Crippen molar-refractivity contribution >= 4 is 57.2 Å². The summed E-state index contributed by atoms with van der Waals surface area (Å²) in [5.74, 6) is 0.898. The number of carbonyl (C=O) groups is 1. The molecule has 0 atom stereocenters. The molecule has 0 spiro atoms. The zero-order valence-electron chi connectivity index (χ0n) is 14.8. The molecule has 0 saturated heterocycles. The Hall–Kier alpha value is -2.31. The second-order valence-electron chi connectivity index (χ2n) is 5.46. The van der Waals surface area contributed by atoms with Crippen molar-refractivity contribution in [2.75, 3.05) is 13.7 Å². The molecular weight excluding hydrogens is 584 g/mol. The number of methoxy groups -OCH3 is 1. The van der Waals surface area contributed by atoms with Gasteiger partial charge in [-0.3, -0.25) is 4.79 Å². The lowest BCUT2D eigenvalue weighted by Gasteiger charge is -2.09. The molecule has 0 aromatic heterocycles. The summed E-state index contributed by atoms with van der Waals surface area (Å²) in [5, 5.41) is 20.8. The number of nitrogens with one attached hydrogen (secondary N) is 1. The first-order valence-corrected chi connectivity index (χ1v) is 10.2. The molecule has 0 bridgehead atoms. The third-order valence-electron chi connectivity index (χ3n) is 3.59. The number of carbonyl (C=O) groups excluding carboxylic acids is 1. The molecule has 0 heterocycles. The van der Waals surface area contributed by atoms with Crippen LogP contribution in [-0.2, 0) is 11.3 Å². The Morgan fingerprint density at radius 1 is 1.18 bits per heavy atom. The van der Waals surface area contributed by atoms with Crippen molar-refractivity contribution in [1.82, 2.24) is 5.32 Å². The Morgan fingerprint density at radius 3 is 2.36 bits per heavy atom. The average molecular weight is 599 g/mol. The van der Waals surface area contributed by atoms with E-state index in [4.69, 9.17) is 14.7 Å². The molecule has 2 rings (SSSR count). The lowest BCUT2D eigenvalue weighted by Crippen LogP contribution is -2.23. The number of rotatable bonds is 7. The molecule has 2 aromatic carbocycles. The van der Waals surface area contributed by atoms with Crippen LogP contribution in [0.25, 0.3) is 6.08 Å². The first kappa shape index (κ1) is 22.0. The Balaban J connectivity index is 2.12. The molecule has 1 N–H and O–H groups in total. The monoisotopic (exact) mass is 599 g/mol. The number of nitrogens with zero attached hydrogens (tertiary/aromatic N) is 2. The van der Waals surface area contributed by atoms with E-state index >= 15 is 0 Å². The van der Waals surface area contributed by atoms with Crippen molar-refractivity contribution in [2.24, 2.45) is 0 Å². The van der Waals surface area contributed by atoms with E-state index in [1.807, 2.05) is 36.4 Å². The first-order chi connectivity index (χ1) is 13.5. The van der Waals surface area contributed by atoms with Crippen LogP contribution in [0.4, 0.5) is 0 Å². The summed E-state index contributed by atoms with van der Waals surface area (Å²) in [6.07, 6.45) is 1.53. The zero-order chi connectivity index (χ0) is 20.5. The van der Waals surface area contributed by atoms with Crippen LogP contribution >= 0.6 is 45.2 Å². The Bertz CT molecular complexity index is 951. The van der Waals surface area contributed by atoms with Crippen molar-refractivity contribution < 1.29 is 14.3 Å². The molecule has 0 aliphatic rings. The van der Waals surface area contributed by atoms with Crippen molar-refractivity contribution in [3.05, 3.63) is 60.2 Å². The van der Waals surface area contributed by atoms with Gasteiger partial charge in [0.25, 0.3) is 5.91 Å². The van der Waals surface area contributed by atoms with Crippen molar-refractivity contribution in [2.45, 2.75) is 6.54 Å². The van der Waals surface area contributed by atoms with Gasteiger partial charge in [-0.05, 0) is 86.7 Å². The van der Waals surface area contributed by atoms with Gasteiger partial charge in [-0.15, -0.1) is 0 Å². The molecule has 0 radical (unpaired) electrons. The summed E-state index contributed by atoms with van der Waals surface area (Å²) < 4.78 is 12.1. The van der Waals surface area contributed by atoms with E-state index in [-0.39, 0.29) is 12.2 Å². The van der Waals surface area contributed by atoms with E-state index in [0.29, 0.717) is 17.9 Å². The summed E-state index contributed by atoms with van der Waals surface area (Å²) in [6.45, 7) is 0.260. The number of halogens is 2. The summed E-state index contributed by atoms with van der Waals surface area (Å²) in [5.41, 5.74) is 1.61. The lowest BCUT2D eigenvalue weighted by molar-refractivity contribution is -0.117. The van der Waals surface area contributed by atoms with Crippen molar-refractivity contribution in [3.63, 3.8) is 0 Å². The van der Waals surface area contributed by atoms with Crippen LogP contribution in [0.1, 0.15) is 11.1 Å². The van der Waals surface area contributed by atoms with Crippen LogP contribution < -0.4 is 14.8 Å². The summed E-state index contributed by atoms with van der Waals surface area (Å²) in [7, 11) is 1.59. The molecule has 0 aliphatic heterocycles. The number of hydrogen-bond donors (Lipinski definition) is 1. The fourth-order valence-electron chi connectivity index (χ4n) is 2.24. The molecule has 0 unspecified atom stereocenters. The molecule has 0 saturated carbocycles. The maximum absolute atomic E-state index is 12.4. The number of amides is 1. The van der Waals surface area contributed by atoms with Crippen LogP contribution in [0.3, 0.4) is 0 Å². The molecule has 0 aliphatic carbocycles. The van der Waals surface area contributed by atoms with Gasteiger partial charge in [0, 0.05) is 6.54 Å². The second-order valence-corrected chi connectivity index (χ2v) is 7.79. The Labute approximate surface area is 190 Å². The third-order valence-corrected chi connectivity index (χ3v) is 5.19. The quantitative estimate of drug-likeness (QED) is 0.295. The molecule has 142 valence electrons. The largest absolute Gasteiger partial charge is 0.497 e. The fourth-order valence-corrected chi connectivity index (χ4v) is 4.37. The molecule has 2 aromatic rings. The van der Waals surface area contributed by atoms with Gasteiger partial charge in [-0.25, -0.2) is 0 Å². The van der Waals surface area contributed by atoms with E-state index in [1.165, 1.54) is 6.08 Å². The summed E-state index contributed by atoms with van der Waals surface area (Å²) in [6, 6.07) is 14.8. The van der Waals surface area contributed by atoms with Crippen LogP contribution in [0.2, 0.25) is 0 Å². The highest BCUT2D eigenvalue weighted by molar-refractivity contribution is 14.1. The predicted molar refractivity (Wildman–Crippen MR) is 121 cm³/mol. The predicted octanol–water partition coefficient (Wildman–Crippen LogP) is 4.03. The minimum absolute atomic E-state index is 0.00537. The highest BCUT2D eigenvalue weighted by Gasteiger charge is 2.12. The highest BCUT2D eigenvalue weighted by atomic mass is 127. The van der Waals surface area contributed by atoms with Gasteiger partial charge in [0.05, 0.1) is 14.3 Å². The third kappa shape index (κ3) is 6.11. The SMILES string of the molecule is COc1ccc(CNC(=O)/C(C#N)=C\c2cc(I)c(OCC#N)c(I)c2)cc1. The summed E-state index contributed by atoms with van der Waals surface area (Å²) in [4.78, 5) is 12.4. The normalized spacial score (nSPS) is 10.5. The van der Waals surface area contributed by atoms with Gasteiger partial charge in [0.15, 0.2) is 6.61 Å². The summed E-state index contributed by atoms with van der Waals surface area (Å²) >= 11 is 4.19. The zero-order valence-corrected chi connectivity index (χ0v) is 19.1. The number of hydrogen-bond acceptors (Lipinski definition) is 5. The van der Waals surface area contributed by atoms with Gasteiger partial charge < -0.3 is 14.8 Å². The maximum Gasteiger partial charge on any atom is 0.262 e. The van der Waals surface area contributed by atoms with Crippen LogP contribution in [-0.4, -0.2) is 19.6 Å². The van der Waals surface area contributed by atoms with Gasteiger partial charge >= 0.3 is 0 Å². The topological polar surface area (TPSA) is 95.1 Å². The molecule has 8 heteroatoms. The van der Waals surface area contributed by atoms with Crippen LogP contribution in [0.15, 0.2) is 42.0 Å². The van der Waals surface area contributed by atoms with Gasteiger partial charge in [0.2, 0.25) is 0 Å². The standard InChI is InChI=1S/C20H15I2N3O3/c1-27-16-4-2-13(3-5-16)12-25-20(26)15(11-24)8-14-9-17(21)19(18(22)10-14)28-7-6-23/h2-5,8-10H,7,12H2,1H3,(H,25,26)/b15-8-. The Kier molecular flexibility index (Phi) is 8.54. The van der Waals surface area contributed by atoms with Crippen molar-refractivity contribution in [3.8, 4) is 23.6 Å². The van der Waals surface area contributed by atoms with E-state index in [1.54, 1.807) is 19.2 Å². The number of nitriles is 2. The lowest BCUT2D eigenvalue weighted by atomic mass is 10.1. The molecule has 1 amide bonds. The fraction of sp³-hybridized carbons (Fsp3) is 0.150. The number of benzene rings is 2. The van der Waals surface area contributed by atoms with Crippen LogP contribution in [0, 0.1) is 29.8 Å². The maximum atomic E-state index is 12.4. The van der Waals surface area contributed by atoms with E-state index in [2.05, 4.69) is 50.5 Å². The van der Waals surface area contributed by atoms with Crippen molar-refractivity contribution in [1.29, 1.82) is 10.5 Å². The minimum atomic E-state index is -0.451. The van der Waals surface area contributed by atoms with Gasteiger partial charge in [0.1, 0.15) is 29.2 Å². The van der Waals surface area contributed by atoms with E-state index < -0.39 is 5.91 Å². The van der Waals surface area contributed by atoms with Gasteiger partial charge in [-0.1, -0.05) is 12.1 Å². The minimum Gasteiger partial charge on any atom is -0.497 e.